The van der Waals surface area contributed by atoms with E-state index >= 15 is 0 Å². The highest BCUT2D eigenvalue weighted by Gasteiger charge is 2.24. The van der Waals surface area contributed by atoms with Crippen LogP contribution >= 0.6 is 0 Å². The number of aromatic amines is 1. The zero-order valence-electron chi connectivity index (χ0n) is 16.7. The molecule has 1 N–H and O–H groups in total. The Balaban J connectivity index is 1.89. The van der Waals surface area contributed by atoms with Gasteiger partial charge in [0.15, 0.2) is 11.3 Å². The van der Waals surface area contributed by atoms with Crippen molar-refractivity contribution < 1.29 is 4.74 Å². The van der Waals surface area contributed by atoms with Crippen LogP contribution in [0.2, 0.25) is 0 Å². The molecule has 0 unspecified atom stereocenters. The largest absolute Gasteiger partial charge is 0.493 e. The van der Waals surface area contributed by atoms with Crippen LogP contribution in [0.3, 0.4) is 0 Å². The van der Waals surface area contributed by atoms with Gasteiger partial charge in [-0.2, -0.15) is 0 Å². The van der Waals surface area contributed by atoms with E-state index in [0.717, 1.165) is 42.1 Å². The van der Waals surface area contributed by atoms with Gasteiger partial charge in [0.25, 0.3) is 5.56 Å². The van der Waals surface area contributed by atoms with E-state index in [1.54, 1.807) is 0 Å². The molecule has 6 heteroatoms. The van der Waals surface area contributed by atoms with Crippen molar-refractivity contribution in [3.63, 3.8) is 0 Å². The lowest BCUT2D eigenvalue weighted by atomic mass is 10.00. The molecule has 0 radical (unpaired) electrons. The van der Waals surface area contributed by atoms with Crippen LogP contribution in [0.5, 0.6) is 5.75 Å². The number of ether oxygens (including phenoxy) is 1. The number of rotatable bonds is 5. The Bertz CT molecular complexity index is 1010. The molecule has 2 aromatic heterocycles. The topological polar surface area (TPSA) is 72.3 Å². The number of hydrogen-bond acceptors (Lipinski definition) is 4. The smallest absolute Gasteiger partial charge is 0.277 e. The second kappa shape index (κ2) is 8.17. The zero-order valence-corrected chi connectivity index (χ0v) is 16.7. The maximum atomic E-state index is 13.0. The number of aryl methyl sites for hydroxylation is 1. The third kappa shape index (κ3) is 3.43. The van der Waals surface area contributed by atoms with Crippen molar-refractivity contribution in [1.29, 1.82) is 0 Å². The van der Waals surface area contributed by atoms with Crippen molar-refractivity contribution in [1.82, 2.24) is 19.6 Å². The molecule has 0 spiro atoms. The van der Waals surface area contributed by atoms with Crippen molar-refractivity contribution in [3.05, 3.63) is 46.1 Å². The Morgan fingerprint density at radius 3 is 2.61 bits per heavy atom. The molecule has 0 aliphatic heterocycles. The number of nitrogens with one attached hydrogen (secondary N) is 1. The summed E-state index contributed by atoms with van der Waals surface area (Å²) >= 11 is 0. The van der Waals surface area contributed by atoms with E-state index in [9.17, 15) is 4.79 Å². The Hall–Kier alpha value is -2.63. The van der Waals surface area contributed by atoms with E-state index in [4.69, 9.17) is 14.8 Å². The summed E-state index contributed by atoms with van der Waals surface area (Å²) in [6.07, 6.45) is 7.93. The molecule has 0 bridgehead atoms. The average molecular weight is 380 g/mol. The summed E-state index contributed by atoms with van der Waals surface area (Å²) in [6, 6.07) is 7.69. The summed E-state index contributed by atoms with van der Waals surface area (Å²) in [4.78, 5) is 20.8. The molecule has 0 saturated heterocycles. The van der Waals surface area contributed by atoms with Crippen LogP contribution in [0.15, 0.2) is 29.1 Å². The van der Waals surface area contributed by atoms with Crippen LogP contribution < -0.4 is 10.3 Å². The lowest BCUT2D eigenvalue weighted by molar-refractivity contribution is 0.341. The minimum absolute atomic E-state index is 0.138. The van der Waals surface area contributed by atoms with Crippen molar-refractivity contribution in [2.45, 2.75) is 64.7 Å². The molecule has 1 fully saturated rings. The number of H-pyrrole nitrogens is 1. The summed E-state index contributed by atoms with van der Waals surface area (Å²) in [5, 5.41) is 4.84. The predicted molar refractivity (Wildman–Crippen MR) is 110 cm³/mol. The SMILES string of the molecule is CCOc1ccccc1-c1nn2c(C3CCCCCC3)nc(CC)c2c(=O)[nH]1. The number of aromatic nitrogens is 4. The maximum absolute atomic E-state index is 13.0. The molecule has 0 amide bonds. The van der Waals surface area contributed by atoms with E-state index in [-0.39, 0.29) is 5.56 Å². The highest BCUT2D eigenvalue weighted by molar-refractivity contribution is 5.65. The third-order valence-corrected chi connectivity index (χ3v) is 5.60. The first kappa shape index (κ1) is 18.7. The Morgan fingerprint density at radius 1 is 1.14 bits per heavy atom. The molecular weight excluding hydrogens is 352 g/mol. The first-order valence-electron chi connectivity index (χ1n) is 10.5. The first-order valence-corrected chi connectivity index (χ1v) is 10.5. The molecular formula is C22H28N4O2. The number of para-hydroxylation sites is 1. The van der Waals surface area contributed by atoms with Gasteiger partial charge in [0.05, 0.1) is 17.9 Å². The van der Waals surface area contributed by atoms with Gasteiger partial charge in [-0.3, -0.25) is 4.79 Å². The van der Waals surface area contributed by atoms with Crippen molar-refractivity contribution in [2.24, 2.45) is 0 Å². The van der Waals surface area contributed by atoms with Crippen LogP contribution in [0.25, 0.3) is 16.9 Å². The third-order valence-electron chi connectivity index (χ3n) is 5.60. The summed E-state index contributed by atoms with van der Waals surface area (Å²) in [5.41, 5.74) is 2.07. The zero-order chi connectivity index (χ0) is 19.5. The van der Waals surface area contributed by atoms with Gasteiger partial charge in [0, 0.05) is 5.92 Å². The second-order valence-electron chi connectivity index (χ2n) is 7.45. The number of hydrogen-bond donors (Lipinski definition) is 1. The van der Waals surface area contributed by atoms with Gasteiger partial charge in [-0.1, -0.05) is 44.7 Å². The Morgan fingerprint density at radius 2 is 1.89 bits per heavy atom. The van der Waals surface area contributed by atoms with Gasteiger partial charge < -0.3 is 9.72 Å². The summed E-state index contributed by atoms with van der Waals surface area (Å²) in [5.74, 6) is 2.55. The molecule has 3 aromatic rings. The average Bonchev–Trinajstić information content (AvgIpc) is 2.88. The fourth-order valence-electron chi connectivity index (χ4n) is 4.21. The minimum atomic E-state index is -0.138. The minimum Gasteiger partial charge on any atom is -0.493 e. The fraction of sp³-hybridized carbons (Fsp3) is 0.500. The predicted octanol–water partition coefficient (Wildman–Crippen LogP) is 4.48. The van der Waals surface area contributed by atoms with Crippen molar-refractivity contribution in [2.75, 3.05) is 6.61 Å². The van der Waals surface area contributed by atoms with Crippen molar-refractivity contribution >= 4 is 5.52 Å². The van der Waals surface area contributed by atoms with Gasteiger partial charge in [0.2, 0.25) is 0 Å². The second-order valence-corrected chi connectivity index (χ2v) is 7.45. The Kier molecular flexibility index (Phi) is 5.46. The number of fused-ring (bicyclic) bond motifs is 1. The van der Waals surface area contributed by atoms with Crippen LogP contribution in [0.4, 0.5) is 0 Å². The molecule has 148 valence electrons. The molecule has 1 aromatic carbocycles. The van der Waals surface area contributed by atoms with Crippen LogP contribution in [-0.2, 0) is 6.42 Å². The normalized spacial score (nSPS) is 15.6. The van der Waals surface area contributed by atoms with Gasteiger partial charge >= 0.3 is 0 Å². The summed E-state index contributed by atoms with van der Waals surface area (Å²) in [7, 11) is 0. The molecule has 1 aliphatic rings. The fourth-order valence-corrected chi connectivity index (χ4v) is 4.21. The van der Waals surface area contributed by atoms with Crippen LogP contribution in [0, 0.1) is 0 Å². The summed E-state index contributed by atoms with van der Waals surface area (Å²) in [6.45, 7) is 4.54. The highest BCUT2D eigenvalue weighted by atomic mass is 16.5. The van der Waals surface area contributed by atoms with E-state index in [2.05, 4.69) is 4.98 Å². The lowest BCUT2D eigenvalue weighted by Crippen LogP contribution is -2.17. The maximum Gasteiger partial charge on any atom is 0.277 e. The summed E-state index contributed by atoms with van der Waals surface area (Å²) < 4.78 is 7.56. The van der Waals surface area contributed by atoms with E-state index < -0.39 is 0 Å². The molecule has 0 atom stereocenters. The first-order chi connectivity index (χ1) is 13.7. The van der Waals surface area contributed by atoms with Gasteiger partial charge in [-0.05, 0) is 38.3 Å². The van der Waals surface area contributed by atoms with E-state index in [0.29, 0.717) is 23.9 Å². The van der Waals surface area contributed by atoms with E-state index in [1.807, 2.05) is 42.6 Å². The number of benzene rings is 1. The van der Waals surface area contributed by atoms with Gasteiger partial charge in [0.1, 0.15) is 11.6 Å². The number of nitrogens with zero attached hydrogens (tertiary/aromatic N) is 3. The van der Waals surface area contributed by atoms with Gasteiger partial charge in [-0.15, -0.1) is 5.10 Å². The molecule has 1 saturated carbocycles. The molecule has 6 nitrogen and oxygen atoms in total. The highest BCUT2D eigenvalue weighted by Crippen LogP contribution is 2.32. The molecule has 28 heavy (non-hydrogen) atoms. The van der Waals surface area contributed by atoms with Crippen molar-refractivity contribution in [3.8, 4) is 17.1 Å². The standard InChI is InChI=1S/C22H28N4O2/c1-3-17-19-22(27)24-20(16-13-9-10-14-18(16)28-4-2)25-26(19)21(23-17)15-11-7-5-6-8-12-15/h9-10,13-15H,3-8,11-12H2,1-2H3,(H,24,25,27). The van der Waals surface area contributed by atoms with E-state index in [1.165, 1.54) is 25.7 Å². The quantitative estimate of drug-likeness (QED) is 0.662. The van der Waals surface area contributed by atoms with Crippen LogP contribution in [0.1, 0.15) is 69.8 Å². The monoisotopic (exact) mass is 380 g/mol. The van der Waals surface area contributed by atoms with Crippen LogP contribution in [-0.4, -0.2) is 26.2 Å². The number of imidazole rings is 1. The molecule has 1 aliphatic carbocycles. The molecule has 4 rings (SSSR count). The molecule has 2 heterocycles. The lowest BCUT2D eigenvalue weighted by Gasteiger charge is -2.13. The Labute approximate surface area is 165 Å². The van der Waals surface area contributed by atoms with Gasteiger partial charge in [-0.25, -0.2) is 9.50 Å².